The Morgan fingerprint density at radius 1 is 1.36 bits per heavy atom. The Kier molecular flexibility index (Phi) is 1.67. The molecule has 0 aliphatic heterocycles. The molecule has 0 bridgehead atoms. The van der Waals surface area contributed by atoms with Crippen molar-refractivity contribution >= 4 is 5.65 Å². The van der Waals surface area contributed by atoms with Gasteiger partial charge in [-0.3, -0.25) is 0 Å². The van der Waals surface area contributed by atoms with Gasteiger partial charge in [0, 0.05) is 12.4 Å². The van der Waals surface area contributed by atoms with Gasteiger partial charge in [0.15, 0.2) is 17.1 Å². The topological polar surface area (TPSA) is 37.5 Å². The number of imidazole rings is 1. The standard InChI is InChI=1S/C8H5F3N2O/c9-8(10,11)6-4-13-3-1-2-5(14)7(13)12-6/h1-4,14H. The van der Waals surface area contributed by atoms with Gasteiger partial charge in [0.1, 0.15) is 0 Å². The second kappa shape index (κ2) is 2.63. The largest absolute Gasteiger partial charge is 0.504 e. The van der Waals surface area contributed by atoms with E-state index in [-0.39, 0.29) is 11.4 Å². The first-order chi connectivity index (χ1) is 6.48. The fraction of sp³-hybridized carbons (Fsp3) is 0.125. The molecule has 1 N–H and O–H groups in total. The van der Waals surface area contributed by atoms with E-state index < -0.39 is 11.9 Å². The molecule has 0 atom stereocenters. The monoisotopic (exact) mass is 202 g/mol. The Hall–Kier alpha value is -1.72. The summed E-state index contributed by atoms with van der Waals surface area (Å²) in [5, 5.41) is 9.20. The number of pyridine rings is 1. The number of hydrogen-bond donors (Lipinski definition) is 1. The van der Waals surface area contributed by atoms with E-state index in [2.05, 4.69) is 4.98 Å². The van der Waals surface area contributed by atoms with Crippen LogP contribution in [0.2, 0.25) is 0 Å². The first-order valence-electron chi connectivity index (χ1n) is 3.72. The molecule has 3 nitrogen and oxygen atoms in total. The first kappa shape index (κ1) is 8.86. The summed E-state index contributed by atoms with van der Waals surface area (Å²) >= 11 is 0. The van der Waals surface area contributed by atoms with E-state index in [1.807, 2.05) is 0 Å². The number of halogens is 3. The van der Waals surface area contributed by atoms with Crippen LogP contribution in [0.1, 0.15) is 5.69 Å². The van der Waals surface area contributed by atoms with Crippen molar-refractivity contribution in [2.45, 2.75) is 6.18 Å². The molecular formula is C8H5F3N2O. The van der Waals surface area contributed by atoms with Crippen molar-refractivity contribution in [3.63, 3.8) is 0 Å². The smallest absolute Gasteiger partial charge is 0.434 e. The average molecular weight is 202 g/mol. The molecule has 0 unspecified atom stereocenters. The van der Waals surface area contributed by atoms with E-state index in [1.165, 1.54) is 18.3 Å². The van der Waals surface area contributed by atoms with E-state index in [0.29, 0.717) is 0 Å². The molecule has 2 aromatic rings. The van der Waals surface area contributed by atoms with E-state index in [4.69, 9.17) is 0 Å². The summed E-state index contributed by atoms with van der Waals surface area (Å²) in [6.45, 7) is 0. The second-order valence-electron chi connectivity index (χ2n) is 2.75. The molecule has 74 valence electrons. The van der Waals surface area contributed by atoms with Gasteiger partial charge in [0.2, 0.25) is 0 Å². The molecule has 0 saturated carbocycles. The zero-order valence-corrected chi connectivity index (χ0v) is 6.78. The van der Waals surface area contributed by atoms with Crippen molar-refractivity contribution < 1.29 is 18.3 Å². The third-order valence-electron chi connectivity index (χ3n) is 1.75. The number of rotatable bonds is 0. The van der Waals surface area contributed by atoms with Crippen LogP contribution in [0.4, 0.5) is 13.2 Å². The molecule has 2 rings (SSSR count). The van der Waals surface area contributed by atoms with Crippen LogP contribution < -0.4 is 0 Å². The van der Waals surface area contributed by atoms with Crippen LogP contribution in [0.25, 0.3) is 5.65 Å². The van der Waals surface area contributed by atoms with Crippen LogP contribution in [0.15, 0.2) is 24.5 Å². The third-order valence-corrected chi connectivity index (χ3v) is 1.75. The highest BCUT2D eigenvalue weighted by atomic mass is 19.4. The number of aromatic hydroxyl groups is 1. The third kappa shape index (κ3) is 1.28. The highest BCUT2D eigenvalue weighted by Crippen LogP contribution is 2.29. The van der Waals surface area contributed by atoms with Gasteiger partial charge in [-0.15, -0.1) is 0 Å². The van der Waals surface area contributed by atoms with E-state index in [9.17, 15) is 18.3 Å². The summed E-state index contributed by atoms with van der Waals surface area (Å²) in [6.07, 6.45) is -2.27. The fourth-order valence-corrected chi connectivity index (χ4v) is 1.13. The Labute approximate surface area is 76.4 Å². The number of hydrogen-bond acceptors (Lipinski definition) is 2. The highest BCUT2D eigenvalue weighted by molar-refractivity contribution is 5.53. The van der Waals surface area contributed by atoms with Gasteiger partial charge in [-0.25, -0.2) is 4.98 Å². The zero-order chi connectivity index (χ0) is 10.3. The molecular weight excluding hydrogens is 197 g/mol. The van der Waals surface area contributed by atoms with Crippen molar-refractivity contribution in [2.75, 3.05) is 0 Å². The average Bonchev–Trinajstić information content (AvgIpc) is 2.48. The summed E-state index contributed by atoms with van der Waals surface area (Å²) in [5.74, 6) is -0.275. The van der Waals surface area contributed by atoms with Crippen molar-refractivity contribution in [2.24, 2.45) is 0 Å². The molecule has 0 aromatic carbocycles. The molecule has 2 aromatic heterocycles. The van der Waals surface area contributed by atoms with Crippen LogP contribution in [0.5, 0.6) is 5.75 Å². The van der Waals surface area contributed by atoms with Crippen LogP contribution in [0.3, 0.4) is 0 Å². The molecule has 0 amide bonds. The molecule has 0 saturated heterocycles. The fourth-order valence-electron chi connectivity index (χ4n) is 1.13. The molecule has 0 spiro atoms. The number of nitrogens with zero attached hydrogens (tertiary/aromatic N) is 2. The van der Waals surface area contributed by atoms with Crippen molar-refractivity contribution in [1.82, 2.24) is 9.38 Å². The van der Waals surface area contributed by atoms with Gasteiger partial charge in [-0.2, -0.15) is 13.2 Å². The maximum atomic E-state index is 12.2. The summed E-state index contributed by atoms with van der Waals surface area (Å²) in [6, 6.07) is 2.71. The Morgan fingerprint density at radius 3 is 2.64 bits per heavy atom. The predicted molar refractivity (Wildman–Crippen MR) is 41.9 cm³/mol. The van der Waals surface area contributed by atoms with Crippen LogP contribution in [-0.4, -0.2) is 14.5 Å². The summed E-state index contributed by atoms with van der Waals surface area (Å²) in [4.78, 5) is 3.27. The maximum Gasteiger partial charge on any atom is 0.434 e. The van der Waals surface area contributed by atoms with Gasteiger partial charge in [-0.05, 0) is 12.1 Å². The normalized spacial score (nSPS) is 12.2. The first-order valence-corrected chi connectivity index (χ1v) is 3.72. The minimum atomic E-state index is -4.49. The van der Waals surface area contributed by atoms with Gasteiger partial charge in [-0.1, -0.05) is 0 Å². The Balaban J connectivity index is 2.69. The molecule has 2 heterocycles. The minimum Gasteiger partial charge on any atom is -0.504 e. The lowest BCUT2D eigenvalue weighted by atomic mass is 10.4. The lowest BCUT2D eigenvalue weighted by Gasteiger charge is -1.98. The second-order valence-corrected chi connectivity index (χ2v) is 2.75. The van der Waals surface area contributed by atoms with Crippen LogP contribution >= 0.6 is 0 Å². The minimum absolute atomic E-state index is 0.0974. The number of fused-ring (bicyclic) bond motifs is 1. The molecule has 14 heavy (non-hydrogen) atoms. The summed E-state index contributed by atoms with van der Waals surface area (Å²) < 4.78 is 37.7. The highest BCUT2D eigenvalue weighted by Gasteiger charge is 2.34. The summed E-state index contributed by atoms with van der Waals surface area (Å²) in [5.41, 5.74) is -1.11. The molecule has 0 aliphatic carbocycles. The van der Waals surface area contributed by atoms with Crippen molar-refractivity contribution in [3.8, 4) is 5.75 Å². The zero-order valence-electron chi connectivity index (χ0n) is 6.78. The van der Waals surface area contributed by atoms with Crippen LogP contribution in [-0.2, 0) is 6.18 Å². The Bertz CT molecular complexity index is 475. The van der Waals surface area contributed by atoms with Gasteiger partial charge >= 0.3 is 6.18 Å². The van der Waals surface area contributed by atoms with E-state index in [1.54, 1.807) is 0 Å². The predicted octanol–water partition coefficient (Wildman–Crippen LogP) is 2.06. The van der Waals surface area contributed by atoms with Crippen molar-refractivity contribution in [3.05, 3.63) is 30.2 Å². The lowest BCUT2D eigenvalue weighted by molar-refractivity contribution is -0.140. The molecule has 6 heteroatoms. The summed E-state index contributed by atoms with van der Waals surface area (Å²) in [7, 11) is 0. The van der Waals surface area contributed by atoms with Crippen molar-refractivity contribution in [1.29, 1.82) is 0 Å². The quantitative estimate of drug-likeness (QED) is 0.709. The molecule has 0 fully saturated rings. The van der Waals surface area contributed by atoms with E-state index in [0.717, 1.165) is 10.6 Å². The number of alkyl halides is 3. The molecule has 0 aliphatic rings. The lowest BCUT2D eigenvalue weighted by Crippen LogP contribution is -2.04. The number of aromatic nitrogens is 2. The Morgan fingerprint density at radius 2 is 2.07 bits per heavy atom. The van der Waals surface area contributed by atoms with Gasteiger partial charge in [0.05, 0.1) is 0 Å². The maximum absolute atomic E-state index is 12.2. The SMILES string of the molecule is Oc1cccn2cc(C(F)(F)F)nc12. The molecule has 0 radical (unpaired) electrons. The van der Waals surface area contributed by atoms with Gasteiger partial charge in [0.25, 0.3) is 0 Å². The van der Waals surface area contributed by atoms with Crippen LogP contribution in [0, 0.1) is 0 Å². The van der Waals surface area contributed by atoms with Gasteiger partial charge < -0.3 is 9.51 Å². The van der Waals surface area contributed by atoms with E-state index >= 15 is 0 Å².